The molecule has 1 aromatic heterocycles. The van der Waals surface area contributed by atoms with Crippen molar-refractivity contribution in [2.24, 2.45) is 5.92 Å². The van der Waals surface area contributed by atoms with Crippen LogP contribution in [0, 0.1) is 5.92 Å². The van der Waals surface area contributed by atoms with Crippen LogP contribution in [-0.2, 0) is 16.1 Å². The molecule has 3 rings (SSSR count). The maximum atomic E-state index is 12.3. The summed E-state index contributed by atoms with van der Waals surface area (Å²) in [6.07, 6.45) is 4.82. The van der Waals surface area contributed by atoms with Gasteiger partial charge in [-0.3, -0.25) is 9.36 Å². The molecule has 0 spiro atoms. The Morgan fingerprint density at radius 2 is 2.04 bits per heavy atom. The smallest absolute Gasteiger partial charge is 0.230 e. The Balaban J connectivity index is 1.55. The highest BCUT2D eigenvalue weighted by molar-refractivity contribution is 7.99. The highest BCUT2D eigenvalue weighted by Crippen LogP contribution is 2.25. The van der Waals surface area contributed by atoms with Crippen molar-refractivity contribution in [3.63, 3.8) is 0 Å². The number of nitrogens with one attached hydrogen (secondary N) is 1. The first-order valence-corrected chi connectivity index (χ1v) is 10.4. The largest absolute Gasteiger partial charge is 0.378 e. The number of amides is 1. The Hall–Kier alpha value is -1.28. The first-order chi connectivity index (χ1) is 12.2. The van der Waals surface area contributed by atoms with Gasteiger partial charge in [-0.2, -0.15) is 0 Å². The predicted molar refractivity (Wildman–Crippen MR) is 99.0 cm³/mol. The van der Waals surface area contributed by atoms with E-state index in [2.05, 4.69) is 38.8 Å². The Morgan fingerprint density at radius 3 is 2.76 bits per heavy atom. The van der Waals surface area contributed by atoms with Crippen molar-refractivity contribution in [3.05, 3.63) is 0 Å². The van der Waals surface area contributed by atoms with E-state index in [0.29, 0.717) is 17.7 Å². The second kappa shape index (κ2) is 8.89. The van der Waals surface area contributed by atoms with Gasteiger partial charge in [0.2, 0.25) is 11.9 Å². The lowest BCUT2D eigenvalue weighted by molar-refractivity contribution is -0.119. The summed E-state index contributed by atoms with van der Waals surface area (Å²) >= 11 is 1.47. The van der Waals surface area contributed by atoms with Crippen molar-refractivity contribution < 1.29 is 9.53 Å². The van der Waals surface area contributed by atoms with Crippen LogP contribution in [0.5, 0.6) is 0 Å². The maximum absolute atomic E-state index is 12.3. The minimum Gasteiger partial charge on any atom is -0.378 e. The molecule has 2 unspecified atom stereocenters. The normalized spacial score (nSPS) is 24.3. The lowest BCUT2D eigenvalue weighted by atomic mass is 9.86. The number of nitrogens with zero attached hydrogens (tertiary/aromatic N) is 4. The van der Waals surface area contributed by atoms with Crippen molar-refractivity contribution in [3.8, 4) is 0 Å². The lowest BCUT2D eigenvalue weighted by Crippen LogP contribution is -2.41. The summed E-state index contributed by atoms with van der Waals surface area (Å²) in [7, 11) is 0. The number of carbonyl (C=O) groups excluding carboxylic acids is 1. The van der Waals surface area contributed by atoms with Gasteiger partial charge in [0, 0.05) is 25.7 Å². The third-order valence-corrected chi connectivity index (χ3v) is 6.06. The number of hydrogen-bond donors (Lipinski definition) is 1. The fourth-order valence-corrected chi connectivity index (χ4v) is 4.38. The molecule has 1 saturated carbocycles. The van der Waals surface area contributed by atoms with Gasteiger partial charge < -0.3 is 15.0 Å². The van der Waals surface area contributed by atoms with Gasteiger partial charge >= 0.3 is 0 Å². The molecule has 1 aliphatic carbocycles. The van der Waals surface area contributed by atoms with Gasteiger partial charge in [0.25, 0.3) is 0 Å². The third-order valence-electron chi connectivity index (χ3n) is 5.10. The molecule has 0 bridgehead atoms. The average Bonchev–Trinajstić information content (AvgIpc) is 3.05. The molecule has 1 amide bonds. The first kappa shape index (κ1) is 18.5. The summed E-state index contributed by atoms with van der Waals surface area (Å²) in [6.45, 7) is 8.23. The summed E-state index contributed by atoms with van der Waals surface area (Å²) < 4.78 is 7.49. The van der Waals surface area contributed by atoms with Crippen LogP contribution in [0.1, 0.15) is 39.5 Å². The summed E-state index contributed by atoms with van der Waals surface area (Å²) in [5.41, 5.74) is 0. The van der Waals surface area contributed by atoms with Crippen molar-refractivity contribution >= 4 is 23.6 Å². The molecule has 0 radical (unpaired) electrons. The van der Waals surface area contributed by atoms with E-state index < -0.39 is 0 Å². The average molecular weight is 368 g/mol. The van der Waals surface area contributed by atoms with E-state index in [-0.39, 0.29) is 5.91 Å². The van der Waals surface area contributed by atoms with Gasteiger partial charge in [-0.05, 0) is 25.7 Å². The molecular formula is C17H29N5O2S. The molecule has 2 atom stereocenters. The van der Waals surface area contributed by atoms with E-state index in [1.54, 1.807) is 0 Å². The van der Waals surface area contributed by atoms with Crippen LogP contribution in [0.2, 0.25) is 0 Å². The van der Waals surface area contributed by atoms with Gasteiger partial charge in [-0.1, -0.05) is 31.5 Å². The Morgan fingerprint density at radius 1 is 1.28 bits per heavy atom. The van der Waals surface area contributed by atoms with Crippen LogP contribution in [0.4, 0.5) is 5.95 Å². The zero-order valence-corrected chi connectivity index (χ0v) is 16.1. The van der Waals surface area contributed by atoms with E-state index in [4.69, 9.17) is 4.74 Å². The fraction of sp³-hybridized carbons (Fsp3) is 0.824. The molecule has 1 N–H and O–H groups in total. The van der Waals surface area contributed by atoms with Crippen molar-refractivity contribution in [2.75, 3.05) is 37.0 Å². The number of carbonyl (C=O) groups is 1. The molecule has 140 valence electrons. The van der Waals surface area contributed by atoms with E-state index in [0.717, 1.165) is 50.4 Å². The monoisotopic (exact) mass is 367 g/mol. The minimum absolute atomic E-state index is 0.0994. The first-order valence-electron chi connectivity index (χ1n) is 9.37. The second-order valence-electron chi connectivity index (χ2n) is 6.85. The zero-order chi connectivity index (χ0) is 17.6. The molecule has 0 aromatic carbocycles. The molecule has 1 saturated heterocycles. The van der Waals surface area contributed by atoms with E-state index in [1.165, 1.54) is 31.0 Å². The van der Waals surface area contributed by atoms with Gasteiger partial charge in [0.1, 0.15) is 0 Å². The van der Waals surface area contributed by atoms with E-state index in [9.17, 15) is 4.79 Å². The van der Waals surface area contributed by atoms with Gasteiger partial charge in [-0.15, -0.1) is 10.2 Å². The van der Waals surface area contributed by atoms with Crippen LogP contribution < -0.4 is 10.2 Å². The number of anilines is 1. The van der Waals surface area contributed by atoms with E-state index >= 15 is 0 Å². The minimum atomic E-state index is 0.0994. The summed E-state index contributed by atoms with van der Waals surface area (Å²) in [5, 5.41) is 12.7. The van der Waals surface area contributed by atoms with Crippen LogP contribution in [0.25, 0.3) is 0 Å². The molecular weight excluding hydrogens is 338 g/mol. The highest BCUT2D eigenvalue weighted by atomic mass is 32.2. The van der Waals surface area contributed by atoms with Crippen molar-refractivity contribution in [1.82, 2.24) is 20.1 Å². The Bertz CT molecular complexity index is 573. The molecule has 1 aromatic rings. The number of aromatic nitrogens is 3. The molecule has 2 aliphatic rings. The number of hydrogen-bond acceptors (Lipinski definition) is 6. The SMILES string of the molecule is CCn1c(SCC(=O)NC2CCCCC2C)nnc1N1CCOCC1. The number of rotatable bonds is 6. The number of ether oxygens (including phenoxy) is 1. The predicted octanol–water partition coefficient (Wildman–Crippen LogP) is 1.92. The Kier molecular flexibility index (Phi) is 6.58. The van der Waals surface area contributed by atoms with Gasteiger partial charge in [0.15, 0.2) is 5.16 Å². The lowest BCUT2D eigenvalue weighted by Gasteiger charge is -2.29. The summed E-state index contributed by atoms with van der Waals surface area (Å²) in [6, 6.07) is 0.329. The Labute approximate surface area is 153 Å². The standard InChI is InChI=1S/C17H29N5O2S/c1-3-22-16(21-8-10-24-11-9-21)19-20-17(22)25-12-15(23)18-14-7-5-4-6-13(14)2/h13-14H,3-12H2,1-2H3,(H,18,23). The van der Waals surface area contributed by atoms with E-state index in [1.807, 2.05) is 0 Å². The van der Waals surface area contributed by atoms with Crippen molar-refractivity contribution in [2.45, 2.75) is 57.3 Å². The van der Waals surface area contributed by atoms with Crippen LogP contribution >= 0.6 is 11.8 Å². The van der Waals surface area contributed by atoms with Gasteiger partial charge in [-0.25, -0.2) is 0 Å². The molecule has 1 aliphatic heterocycles. The molecule has 2 heterocycles. The van der Waals surface area contributed by atoms with Crippen LogP contribution in [0.3, 0.4) is 0 Å². The fourth-order valence-electron chi connectivity index (χ4n) is 3.57. The summed E-state index contributed by atoms with van der Waals surface area (Å²) in [4.78, 5) is 14.5. The maximum Gasteiger partial charge on any atom is 0.230 e. The molecule has 8 heteroatoms. The molecule has 7 nitrogen and oxygen atoms in total. The van der Waals surface area contributed by atoms with Crippen LogP contribution in [-0.4, -0.2) is 58.8 Å². The topological polar surface area (TPSA) is 72.3 Å². The van der Waals surface area contributed by atoms with Gasteiger partial charge in [0.05, 0.1) is 19.0 Å². The number of thioether (sulfide) groups is 1. The summed E-state index contributed by atoms with van der Waals surface area (Å²) in [5.74, 6) is 1.96. The zero-order valence-electron chi connectivity index (χ0n) is 15.2. The van der Waals surface area contributed by atoms with Crippen molar-refractivity contribution in [1.29, 1.82) is 0 Å². The quantitative estimate of drug-likeness (QED) is 0.775. The highest BCUT2D eigenvalue weighted by Gasteiger charge is 2.24. The number of morpholine rings is 1. The molecule has 25 heavy (non-hydrogen) atoms. The molecule has 2 fully saturated rings. The second-order valence-corrected chi connectivity index (χ2v) is 7.79. The van der Waals surface area contributed by atoms with Crippen LogP contribution in [0.15, 0.2) is 5.16 Å². The third kappa shape index (κ3) is 4.67.